The number of nitrogens with one attached hydrogen (secondary N) is 1. The van der Waals surface area contributed by atoms with Crippen LogP contribution in [-0.2, 0) is 4.79 Å². The highest BCUT2D eigenvalue weighted by Gasteiger charge is 2.27. The summed E-state index contributed by atoms with van der Waals surface area (Å²) in [5.41, 5.74) is 0. The minimum atomic E-state index is 0.0938. The lowest BCUT2D eigenvalue weighted by Gasteiger charge is -2.34. The van der Waals surface area contributed by atoms with Crippen LogP contribution < -0.4 is 5.32 Å². The lowest BCUT2D eigenvalue weighted by Crippen LogP contribution is -2.44. The van der Waals surface area contributed by atoms with Gasteiger partial charge in [0.25, 0.3) is 0 Å². The molecular formula is C15H31N3O. The second-order valence-corrected chi connectivity index (χ2v) is 6.40. The van der Waals surface area contributed by atoms with Crippen molar-refractivity contribution in [3.05, 3.63) is 0 Å². The molecule has 1 heterocycles. The van der Waals surface area contributed by atoms with E-state index in [2.05, 4.69) is 31.1 Å². The summed E-state index contributed by atoms with van der Waals surface area (Å²) in [5.74, 6) is 1.40. The largest absolute Gasteiger partial charge is 0.345 e. The lowest BCUT2D eigenvalue weighted by atomic mass is 9.93. The molecule has 1 rings (SSSR count). The van der Waals surface area contributed by atoms with Crippen molar-refractivity contribution in [2.45, 2.75) is 26.7 Å². The van der Waals surface area contributed by atoms with Crippen molar-refractivity contribution >= 4 is 5.91 Å². The number of nitrogens with zero attached hydrogens (tertiary/aromatic N) is 2. The van der Waals surface area contributed by atoms with E-state index in [-0.39, 0.29) is 11.8 Å². The number of likely N-dealkylation sites (tertiary alicyclic amines) is 1. The first-order valence-corrected chi connectivity index (χ1v) is 7.53. The Morgan fingerprint density at radius 1 is 1.47 bits per heavy atom. The molecule has 1 amide bonds. The highest BCUT2D eigenvalue weighted by atomic mass is 16.2. The molecule has 0 bridgehead atoms. The van der Waals surface area contributed by atoms with E-state index in [9.17, 15) is 4.79 Å². The Balaban J connectivity index is 2.50. The fourth-order valence-corrected chi connectivity index (χ4v) is 3.01. The summed E-state index contributed by atoms with van der Waals surface area (Å²) in [6.45, 7) is 8.24. The molecule has 19 heavy (non-hydrogen) atoms. The molecule has 1 N–H and O–H groups in total. The smallest absolute Gasteiger partial charge is 0.226 e. The molecule has 0 aromatic rings. The topological polar surface area (TPSA) is 35.6 Å². The predicted octanol–water partition coefficient (Wildman–Crippen LogP) is 1.28. The molecule has 0 aromatic carbocycles. The van der Waals surface area contributed by atoms with Crippen molar-refractivity contribution in [2.24, 2.45) is 17.8 Å². The fraction of sp³-hybridized carbons (Fsp3) is 0.933. The normalized spacial score (nSPS) is 22.5. The summed E-state index contributed by atoms with van der Waals surface area (Å²) >= 11 is 0. The predicted molar refractivity (Wildman–Crippen MR) is 80.1 cm³/mol. The quantitative estimate of drug-likeness (QED) is 0.789. The third-order valence-electron chi connectivity index (χ3n) is 4.18. The van der Waals surface area contributed by atoms with Gasteiger partial charge >= 0.3 is 0 Å². The van der Waals surface area contributed by atoms with Crippen LogP contribution in [-0.4, -0.2) is 63.0 Å². The first-order chi connectivity index (χ1) is 8.95. The van der Waals surface area contributed by atoms with Gasteiger partial charge in [-0.15, -0.1) is 0 Å². The van der Waals surface area contributed by atoms with Gasteiger partial charge in [-0.1, -0.05) is 13.8 Å². The summed E-state index contributed by atoms with van der Waals surface area (Å²) < 4.78 is 0. The van der Waals surface area contributed by atoms with Crippen molar-refractivity contribution in [1.82, 2.24) is 15.1 Å². The molecule has 112 valence electrons. The Bertz CT molecular complexity index is 281. The van der Waals surface area contributed by atoms with Crippen LogP contribution in [0.4, 0.5) is 0 Å². The minimum Gasteiger partial charge on any atom is -0.345 e. The molecule has 1 saturated heterocycles. The summed E-state index contributed by atoms with van der Waals surface area (Å²) in [4.78, 5) is 16.8. The van der Waals surface area contributed by atoms with Gasteiger partial charge in [-0.25, -0.2) is 0 Å². The molecule has 0 saturated carbocycles. The zero-order valence-electron chi connectivity index (χ0n) is 13.3. The molecule has 0 aromatic heterocycles. The number of amides is 1. The Morgan fingerprint density at radius 2 is 2.16 bits per heavy atom. The maximum Gasteiger partial charge on any atom is 0.226 e. The third-order valence-corrected chi connectivity index (χ3v) is 4.18. The van der Waals surface area contributed by atoms with E-state index in [1.165, 1.54) is 19.4 Å². The van der Waals surface area contributed by atoms with E-state index in [0.717, 1.165) is 19.6 Å². The van der Waals surface area contributed by atoms with Crippen molar-refractivity contribution < 1.29 is 4.79 Å². The Kier molecular flexibility index (Phi) is 6.80. The van der Waals surface area contributed by atoms with Crippen LogP contribution in [0.25, 0.3) is 0 Å². The molecule has 0 aliphatic carbocycles. The molecule has 4 heteroatoms. The van der Waals surface area contributed by atoms with Gasteiger partial charge in [0.1, 0.15) is 0 Å². The Hall–Kier alpha value is -0.610. The zero-order valence-corrected chi connectivity index (χ0v) is 13.3. The van der Waals surface area contributed by atoms with Crippen molar-refractivity contribution in [2.75, 3.05) is 47.3 Å². The van der Waals surface area contributed by atoms with Crippen molar-refractivity contribution in [1.29, 1.82) is 0 Å². The maximum atomic E-state index is 12.5. The number of rotatable bonds is 6. The lowest BCUT2D eigenvalue weighted by molar-refractivity contribution is -0.136. The first kappa shape index (κ1) is 16.4. The molecule has 0 spiro atoms. The number of carbonyl (C=O) groups is 1. The Labute approximate surface area is 118 Å². The van der Waals surface area contributed by atoms with Gasteiger partial charge in [0.15, 0.2) is 0 Å². The van der Waals surface area contributed by atoms with E-state index in [0.29, 0.717) is 11.8 Å². The zero-order chi connectivity index (χ0) is 14.4. The molecule has 2 unspecified atom stereocenters. The second kappa shape index (κ2) is 7.85. The van der Waals surface area contributed by atoms with Gasteiger partial charge in [0, 0.05) is 26.7 Å². The molecule has 1 fully saturated rings. The first-order valence-electron chi connectivity index (χ1n) is 7.53. The maximum absolute atomic E-state index is 12.5. The van der Waals surface area contributed by atoms with Gasteiger partial charge < -0.3 is 15.1 Å². The highest BCUT2D eigenvalue weighted by Crippen LogP contribution is 2.18. The Morgan fingerprint density at radius 3 is 2.68 bits per heavy atom. The van der Waals surface area contributed by atoms with Gasteiger partial charge in [-0.3, -0.25) is 4.79 Å². The SMILES string of the molecule is CNCC(C(=O)N(C)CC1CCCN(C)C1)C(C)C. The highest BCUT2D eigenvalue weighted by molar-refractivity contribution is 5.79. The van der Waals surface area contributed by atoms with E-state index in [1.54, 1.807) is 0 Å². The van der Waals surface area contributed by atoms with Crippen LogP contribution in [0, 0.1) is 17.8 Å². The van der Waals surface area contributed by atoms with Crippen LogP contribution in [0.5, 0.6) is 0 Å². The van der Waals surface area contributed by atoms with E-state index in [4.69, 9.17) is 0 Å². The van der Waals surface area contributed by atoms with Crippen molar-refractivity contribution in [3.63, 3.8) is 0 Å². The molecule has 1 aliphatic heterocycles. The van der Waals surface area contributed by atoms with E-state index in [1.807, 2.05) is 19.0 Å². The minimum absolute atomic E-state index is 0.0938. The van der Waals surface area contributed by atoms with Gasteiger partial charge in [0.2, 0.25) is 5.91 Å². The molecular weight excluding hydrogens is 238 g/mol. The fourth-order valence-electron chi connectivity index (χ4n) is 3.01. The van der Waals surface area contributed by atoms with Crippen molar-refractivity contribution in [3.8, 4) is 0 Å². The summed E-state index contributed by atoms with van der Waals surface area (Å²) in [7, 11) is 6.05. The average Bonchev–Trinajstić information content (AvgIpc) is 2.34. The van der Waals surface area contributed by atoms with Crippen LogP contribution in [0.1, 0.15) is 26.7 Å². The van der Waals surface area contributed by atoms with E-state index < -0.39 is 0 Å². The monoisotopic (exact) mass is 269 g/mol. The molecule has 2 atom stereocenters. The third kappa shape index (κ3) is 5.11. The number of hydrogen-bond donors (Lipinski definition) is 1. The van der Waals surface area contributed by atoms with Gasteiger partial charge in [0.05, 0.1) is 5.92 Å². The van der Waals surface area contributed by atoms with Crippen LogP contribution in [0.15, 0.2) is 0 Å². The molecule has 4 nitrogen and oxygen atoms in total. The van der Waals surface area contributed by atoms with Crippen LogP contribution in [0.3, 0.4) is 0 Å². The standard InChI is InChI=1S/C15H31N3O/c1-12(2)14(9-16-3)15(19)18(5)11-13-7-6-8-17(4)10-13/h12-14,16H,6-11H2,1-5H3. The van der Waals surface area contributed by atoms with Gasteiger partial charge in [-0.05, 0) is 45.3 Å². The number of carbonyl (C=O) groups excluding carboxylic acids is 1. The summed E-state index contributed by atoms with van der Waals surface area (Å²) in [5, 5.41) is 3.14. The van der Waals surface area contributed by atoms with Crippen LogP contribution in [0.2, 0.25) is 0 Å². The van der Waals surface area contributed by atoms with Gasteiger partial charge in [-0.2, -0.15) is 0 Å². The number of hydrogen-bond acceptors (Lipinski definition) is 3. The summed E-state index contributed by atoms with van der Waals surface area (Å²) in [6, 6.07) is 0. The molecule has 1 aliphatic rings. The number of piperidine rings is 1. The van der Waals surface area contributed by atoms with Crippen LogP contribution >= 0.6 is 0 Å². The second-order valence-electron chi connectivity index (χ2n) is 6.40. The molecule has 0 radical (unpaired) electrons. The summed E-state index contributed by atoms with van der Waals surface area (Å²) in [6.07, 6.45) is 2.51. The average molecular weight is 269 g/mol. The van der Waals surface area contributed by atoms with E-state index >= 15 is 0 Å².